The van der Waals surface area contributed by atoms with E-state index in [1.54, 1.807) is 0 Å². The summed E-state index contributed by atoms with van der Waals surface area (Å²) in [5.74, 6) is 1.91. The lowest BCUT2D eigenvalue weighted by Gasteiger charge is -2.33. The maximum absolute atomic E-state index is 6.19. The summed E-state index contributed by atoms with van der Waals surface area (Å²) in [5, 5.41) is 8.24. The number of rotatable bonds is 3. The molecule has 4 rings (SSSR count). The van der Waals surface area contributed by atoms with Crippen LogP contribution in [0.2, 0.25) is 0 Å². The van der Waals surface area contributed by atoms with Crippen LogP contribution in [0.25, 0.3) is 0 Å². The number of nitrogens with zero attached hydrogens (tertiary/aromatic N) is 5. The van der Waals surface area contributed by atoms with Gasteiger partial charge in [-0.1, -0.05) is 5.16 Å². The maximum Gasteiger partial charge on any atom is 0.223 e. The monoisotopic (exact) mass is 303 g/mol. The van der Waals surface area contributed by atoms with Crippen LogP contribution in [0.4, 0.5) is 0 Å². The first kappa shape index (κ1) is 13.9. The number of aryl methyl sites for hydroxylation is 2. The van der Waals surface area contributed by atoms with Crippen molar-refractivity contribution >= 4 is 0 Å². The Morgan fingerprint density at radius 2 is 2.32 bits per heavy atom. The molecule has 2 aromatic rings. The van der Waals surface area contributed by atoms with Gasteiger partial charge in [0.25, 0.3) is 0 Å². The molecule has 0 radical (unpaired) electrons. The van der Waals surface area contributed by atoms with Crippen molar-refractivity contribution in [1.82, 2.24) is 24.8 Å². The molecule has 7 nitrogen and oxygen atoms in total. The number of fused-ring (bicyclic) bond motifs is 1. The minimum atomic E-state index is -0.00853. The van der Waals surface area contributed by atoms with E-state index in [1.807, 2.05) is 24.9 Å². The van der Waals surface area contributed by atoms with Crippen molar-refractivity contribution in [3.05, 3.63) is 29.7 Å². The van der Waals surface area contributed by atoms with Gasteiger partial charge in [-0.15, -0.1) is 0 Å². The molecular weight excluding hydrogens is 282 g/mol. The largest absolute Gasteiger partial charge is 0.365 e. The van der Waals surface area contributed by atoms with Crippen LogP contribution in [0.15, 0.2) is 16.9 Å². The van der Waals surface area contributed by atoms with Crippen molar-refractivity contribution in [3.63, 3.8) is 0 Å². The topological polar surface area (TPSA) is 69.2 Å². The lowest BCUT2D eigenvalue weighted by atomic mass is 9.91. The highest BCUT2D eigenvalue weighted by atomic mass is 16.5. The summed E-state index contributed by atoms with van der Waals surface area (Å²) in [6.45, 7) is 4.82. The van der Waals surface area contributed by atoms with Gasteiger partial charge in [-0.3, -0.25) is 9.58 Å². The summed E-state index contributed by atoms with van der Waals surface area (Å²) in [4.78, 5) is 6.76. The zero-order chi connectivity index (χ0) is 15.1. The van der Waals surface area contributed by atoms with Crippen LogP contribution >= 0.6 is 0 Å². The summed E-state index contributed by atoms with van der Waals surface area (Å²) in [6, 6.07) is 0. The highest BCUT2D eigenvalue weighted by molar-refractivity contribution is 5.05. The molecule has 118 valence electrons. The van der Waals surface area contributed by atoms with Gasteiger partial charge in [-0.05, 0) is 25.3 Å². The number of hydrogen-bond donors (Lipinski definition) is 0. The first-order chi connectivity index (χ1) is 10.7. The second kappa shape index (κ2) is 5.48. The third-order valence-electron chi connectivity index (χ3n) is 4.63. The molecule has 2 aliphatic rings. The van der Waals surface area contributed by atoms with E-state index in [1.165, 1.54) is 5.56 Å². The van der Waals surface area contributed by atoms with Crippen LogP contribution in [-0.4, -0.2) is 44.0 Å². The van der Waals surface area contributed by atoms with Gasteiger partial charge in [-0.2, -0.15) is 10.1 Å². The SMILES string of the molecule is Cc1nc([C@H]2C[C@@H]3CCN(Cc4cnn(C)c4)C[C@H]3O2)no1. The van der Waals surface area contributed by atoms with Gasteiger partial charge in [0.15, 0.2) is 0 Å². The quantitative estimate of drug-likeness (QED) is 0.855. The van der Waals surface area contributed by atoms with Crippen LogP contribution in [0.1, 0.15) is 36.2 Å². The molecular formula is C15H21N5O2. The second-order valence-corrected chi connectivity index (χ2v) is 6.38. The zero-order valence-corrected chi connectivity index (χ0v) is 13.0. The molecule has 2 fully saturated rings. The van der Waals surface area contributed by atoms with Crippen LogP contribution < -0.4 is 0 Å². The molecule has 22 heavy (non-hydrogen) atoms. The van der Waals surface area contributed by atoms with E-state index in [9.17, 15) is 0 Å². The molecule has 0 bridgehead atoms. The second-order valence-electron chi connectivity index (χ2n) is 6.38. The van der Waals surface area contributed by atoms with E-state index >= 15 is 0 Å². The summed E-state index contributed by atoms with van der Waals surface area (Å²) >= 11 is 0. The molecule has 7 heteroatoms. The van der Waals surface area contributed by atoms with E-state index < -0.39 is 0 Å². The number of piperidine rings is 1. The number of hydrogen-bond acceptors (Lipinski definition) is 6. The van der Waals surface area contributed by atoms with E-state index in [4.69, 9.17) is 9.26 Å². The van der Waals surface area contributed by atoms with Gasteiger partial charge in [0.1, 0.15) is 6.10 Å². The Balaban J connectivity index is 1.39. The number of aromatic nitrogens is 4. The highest BCUT2D eigenvalue weighted by Crippen LogP contribution is 2.40. The number of likely N-dealkylation sites (tertiary alicyclic amines) is 1. The molecule has 2 aliphatic heterocycles. The molecule has 0 saturated carbocycles. The van der Waals surface area contributed by atoms with E-state index in [-0.39, 0.29) is 12.2 Å². The molecule has 0 unspecified atom stereocenters. The van der Waals surface area contributed by atoms with Gasteiger partial charge in [0.2, 0.25) is 11.7 Å². The van der Waals surface area contributed by atoms with Gasteiger partial charge in [0, 0.05) is 38.8 Å². The Hall–Kier alpha value is -1.73. The van der Waals surface area contributed by atoms with Crippen LogP contribution in [0.5, 0.6) is 0 Å². The Morgan fingerprint density at radius 3 is 3.05 bits per heavy atom. The molecule has 2 saturated heterocycles. The lowest BCUT2D eigenvalue weighted by Crippen LogP contribution is -2.41. The summed E-state index contributed by atoms with van der Waals surface area (Å²) in [7, 11) is 1.95. The van der Waals surface area contributed by atoms with Crippen LogP contribution in [0, 0.1) is 12.8 Å². The molecule has 0 amide bonds. The van der Waals surface area contributed by atoms with Gasteiger partial charge < -0.3 is 9.26 Å². The molecule has 0 N–H and O–H groups in total. The lowest BCUT2D eigenvalue weighted by molar-refractivity contribution is -0.0125. The molecule has 4 heterocycles. The first-order valence-corrected chi connectivity index (χ1v) is 7.83. The van der Waals surface area contributed by atoms with Crippen molar-refractivity contribution in [2.75, 3.05) is 13.1 Å². The fourth-order valence-corrected chi connectivity index (χ4v) is 3.56. The van der Waals surface area contributed by atoms with Crippen LogP contribution in [0.3, 0.4) is 0 Å². The normalized spacial score (nSPS) is 28.9. The highest BCUT2D eigenvalue weighted by Gasteiger charge is 2.41. The molecule has 0 spiro atoms. The Bertz CT molecular complexity index is 652. The zero-order valence-electron chi connectivity index (χ0n) is 13.0. The Kier molecular flexibility index (Phi) is 3.46. The fraction of sp³-hybridized carbons (Fsp3) is 0.667. The average molecular weight is 303 g/mol. The number of ether oxygens (including phenoxy) is 1. The van der Waals surface area contributed by atoms with Gasteiger partial charge in [-0.25, -0.2) is 0 Å². The first-order valence-electron chi connectivity index (χ1n) is 7.83. The van der Waals surface area contributed by atoms with Crippen LogP contribution in [-0.2, 0) is 18.3 Å². The Morgan fingerprint density at radius 1 is 1.41 bits per heavy atom. The van der Waals surface area contributed by atoms with Crippen molar-refractivity contribution < 1.29 is 9.26 Å². The molecule has 2 aromatic heterocycles. The third kappa shape index (κ3) is 2.66. The van der Waals surface area contributed by atoms with Gasteiger partial charge in [0.05, 0.1) is 12.3 Å². The Labute approximate surface area is 129 Å². The smallest absolute Gasteiger partial charge is 0.223 e. The van der Waals surface area contributed by atoms with Gasteiger partial charge >= 0.3 is 0 Å². The predicted octanol–water partition coefficient (Wildman–Crippen LogP) is 1.46. The fourth-order valence-electron chi connectivity index (χ4n) is 3.56. The molecule has 0 aliphatic carbocycles. The van der Waals surface area contributed by atoms with Crippen molar-refractivity contribution in [3.8, 4) is 0 Å². The average Bonchev–Trinajstić information content (AvgIpc) is 3.18. The van der Waals surface area contributed by atoms with Crippen molar-refractivity contribution in [2.24, 2.45) is 13.0 Å². The minimum absolute atomic E-state index is 0.00853. The summed E-state index contributed by atoms with van der Waals surface area (Å²) in [6.07, 6.45) is 6.45. The van der Waals surface area contributed by atoms with E-state index in [0.717, 1.165) is 32.5 Å². The van der Waals surface area contributed by atoms with E-state index in [0.29, 0.717) is 17.6 Å². The maximum atomic E-state index is 6.19. The molecule has 3 atom stereocenters. The van der Waals surface area contributed by atoms with Crippen molar-refractivity contribution in [2.45, 2.75) is 38.5 Å². The molecule has 0 aromatic carbocycles. The van der Waals surface area contributed by atoms with Crippen molar-refractivity contribution in [1.29, 1.82) is 0 Å². The van der Waals surface area contributed by atoms with E-state index in [2.05, 4.69) is 26.3 Å². The minimum Gasteiger partial charge on any atom is -0.365 e. The standard InChI is InChI=1S/C15H21N5O2/c1-10-17-15(18-22-10)13-5-12-3-4-20(9-14(12)21-13)8-11-6-16-19(2)7-11/h6-7,12-14H,3-5,8-9H2,1-2H3/t12-,13+,14+/m0/s1. The third-order valence-corrected chi connectivity index (χ3v) is 4.63. The predicted molar refractivity (Wildman–Crippen MR) is 77.9 cm³/mol. The summed E-state index contributed by atoms with van der Waals surface area (Å²) in [5.41, 5.74) is 1.25. The summed E-state index contributed by atoms with van der Waals surface area (Å²) < 4.78 is 13.1.